The predicted octanol–water partition coefficient (Wildman–Crippen LogP) is 4.62. The van der Waals surface area contributed by atoms with E-state index < -0.39 is 0 Å². The minimum Gasteiger partial charge on any atom is -0.489 e. The van der Waals surface area contributed by atoms with Gasteiger partial charge in [-0.1, -0.05) is 54.7 Å². The van der Waals surface area contributed by atoms with Gasteiger partial charge in [-0.3, -0.25) is 4.79 Å². The van der Waals surface area contributed by atoms with E-state index in [4.69, 9.17) is 27.9 Å². The fraction of sp³-hybridized carbons (Fsp3) is 0.381. The number of benzene rings is 2. The molecule has 2 aromatic rings. The smallest absolute Gasteiger partial charge is 0.237 e. The fourth-order valence-electron chi connectivity index (χ4n) is 2.70. The van der Waals surface area contributed by atoms with Crippen molar-refractivity contribution >= 4 is 29.1 Å². The number of halogens is 2. The second-order valence-electron chi connectivity index (χ2n) is 6.35. The van der Waals surface area contributed by atoms with Crippen LogP contribution in [0.3, 0.4) is 0 Å². The van der Waals surface area contributed by atoms with Crippen LogP contribution in [0.1, 0.15) is 30.9 Å². The molecule has 0 radical (unpaired) electrons. The number of hydrogen-bond donors (Lipinski definition) is 2. The van der Waals surface area contributed by atoms with Crippen molar-refractivity contribution in [2.24, 2.45) is 0 Å². The van der Waals surface area contributed by atoms with Crippen LogP contribution in [-0.2, 0) is 17.8 Å². The lowest BCUT2D eigenvalue weighted by atomic mass is 10.1. The number of carbonyl (C=O) groups is 1. The summed E-state index contributed by atoms with van der Waals surface area (Å²) in [6, 6.07) is 13.2. The number of hydrogen-bond acceptors (Lipinski definition) is 3. The lowest BCUT2D eigenvalue weighted by Gasteiger charge is -2.15. The van der Waals surface area contributed by atoms with Crippen molar-refractivity contribution < 1.29 is 9.53 Å². The van der Waals surface area contributed by atoms with E-state index in [-0.39, 0.29) is 11.9 Å². The van der Waals surface area contributed by atoms with Gasteiger partial charge in [0.05, 0.1) is 16.1 Å². The standard InChI is InChI=1S/C21H26Cl2N2O2/c1-3-4-20(24-2)21(26)25-12-11-15-5-8-17(9-6-15)27-14-16-7-10-18(22)19(23)13-16/h5-10,13,20,24H,3-4,11-12,14H2,1-2H3,(H,25,26). The molecule has 1 unspecified atom stereocenters. The Bertz CT molecular complexity index is 735. The molecule has 1 amide bonds. The molecule has 0 heterocycles. The first-order valence-electron chi connectivity index (χ1n) is 9.14. The second-order valence-corrected chi connectivity index (χ2v) is 7.17. The first-order valence-corrected chi connectivity index (χ1v) is 9.89. The van der Waals surface area contributed by atoms with Crippen LogP contribution in [0.4, 0.5) is 0 Å². The maximum Gasteiger partial charge on any atom is 0.237 e. The molecule has 0 aromatic heterocycles. The van der Waals surface area contributed by atoms with Gasteiger partial charge < -0.3 is 15.4 Å². The number of rotatable bonds is 10. The largest absolute Gasteiger partial charge is 0.489 e. The lowest BCUT2D eigenvalue weighted by molar-refractivity contribution is -0.123. The third-order valence-electron chi connectivity index (χ3n) is 4.27. The van der Waals surface area contributed by atoms with Crippen LogP contribution in [0.15, 0.2) is 42.5 Å². The quantitative estimate of drug-likeness (QED) is 0.602. The summed E-state index contributed by atoms with van der Waals surface area (Å²) in [7, 11) is 1.82. The van der Waals surface area contributed by atoms with Gasteiger partial charge in [0.1, 0.15) is 12.4 Å². The van der Waals surface area contributed by atoms with Crippen molar-refractivity contribution in [3.05, 3.63) is 63.6 Å². The monoisotopic (exact) mass is 408 g/mol. The SMILES string of the molecule is CCCC(NC)C(=O)NCCc1ccc(OCc2ccc(Cl)c(Cl)c2)cc1. The van der Waals surface area contributed by atoms with Gasteiger partial charge in [0.25, 0.3) is 0 Å². The fourth-order valence-corrected chi connectivity index (χ4v) is 3.02. The van der Waals surface area contributed by atoms with Gasteiger partial charge in [-0.2, -0.15) is 0 Å². The van der Waals surface area contributed by atoms with Gasteiger partial charge in [0.2, 0.25) is 5.91 Å². The zero-order chi connectivity index (χ0) is 19.6. The van der Waals surface area contributed by atoms with E-state index in [9.17, 15) is 4.79 Å². The maximum absolute atomic E-state index is 12.1. The normalized spacial score (nSPS) is 11.9. The van der Waals surface area contributed by atoms with Crippen LogP contribution in [0.5, 0.6) is 5.75 Å². The highest BCUT2D eigenvalue weighted by Gasteiger charge is 2.14. The molecule has 2 rings (SSSR count). The lowest BCUT2D eigenvalue weighted by Crippen LogP contribution is -2.43. The molecule has 146 valence electrons. The van der Waals surface area contributed by atoms with E-state index in [1.807, 2.05) is 37.4 Å². The van der Waals surface area contributed by atoms with Crippen LogP contribution in [0, 0.1) is 0 Å². The molecule has 0 aliphatic carbocycles. The summed E-state index contributed by atoms with van der Waals surface area (Å²) in [5.74, 6) is 0.841. The van der Waals surface area contributed by atoms with Crippen molar-refractivity contribution in [3.8, 4) is 5.75 Å². The average Bonchev–Trinajstić information content (AvgIpc) is 2.68. The minimum atomic E-state index is -0.118. The van der Waals surface area contributed by atoms with Gasteiger partial charge in [-0.15, -0.1) is 0 Å². The van der Waals surface area contributed by atoms with Crippen molar-refractivity contribution in [2.45, 2.75) is 38.8 Å². The van der Waals surface area contributed by atoms with Crippen LogP contribution in [0.2, 0.25) is 10.0 Å². The second kappa shape index (κ2) is 11.2. The molecule has 0 saturated carbocycles. The number of amides is 1. The van der Waals surface area contributed by atoms with Crippen LogP contribution in [0.25, 0.3) is 0 Å². The molecule has 0 fully saturated rings. The van der Waals surface area contributed by atoms with Crippen LogP contribution in [-0.4, -0.2) is 25.5 Å². The molecule has 4 nitrogen and oxygen atoms in total. The predicted molar refractivity (Wildman–Crippen MR) is 112 cm³/mol. The van der Waals surface area contributed by atoms with E-state index in [0.717, 1.165) is 36.1 Å². The van der Waals surface area contributed by atoms with Crippen LogP contribution < -0.4 is 15.4 Å². The molecule has 0 spiro atoms. The van der Waals surface area contributed by atoms with Crippen molar-refractivity contribution in [1.29, 1.82) is 0 Å². The zero-order valence-electron chi connectivity index (χ0n) is 15.7. The molecule has 27 heavy (non-hydrogen) atoms. The van der Waals surface area contributed by atoms with Crippen LogP contribution >= 0.6 is 23.2 Å². The Hall–Kier alpha value is -1.75. The van der Waals surface area contributed by atoms with Gasteiger partial charge in [0, 0.05) is 6.54 Å². The van der Waals surface area contributed by atoms with Crippen molar-refractivity contribution in [2.75, 3.05) is 13.6 Å². The van der Waals surface area contributed by atoms with E-state index >= 15 is 0 Å². The first kappa shape index (κ1) is 21.5. The zero-order valence-corrected chi connectivity index (χ0v) is 17.2. The van der Waals surface area contributed by atoms with Gasteiger partial charge in [0.15, 0.2) is 0 Å². The Morgan fingerprint density at radius 1 is 1.07 bits per heavy atom. The van der Waals surface area contributed by atoms with E-state index in [1.54, 1.807) is 12.1 Å². The Morgan fingerprint density at radius 3 is 2.41 bits per heavy atom. The molecular formula is C21H26Cl2N2O2. The molecule has 2 aromatic carbocycles. The van der Waals surface area contributed by atoms with Gasteiger partial charge in [-0.25, -0.2) is 0 Å². The Morgan fingerprint density at radius 2 is 1.78 bits per heavy atom. The van der Waals surface area contributed by atoms with Gasteiger partial charge in [-0.05, 0) is 55.3 Å². The van der Waals surface area contributed by atoms with E-state index in [0.29, 0.717) is 23.2 Å². The Kier molecular flexibility index (Phi) is 8.92. The molecule has 6 heteroatoms. The maximum atomic E-state index is 12.1. The molecule has 1 atom stereocenters. The summed E-state index contributed by atoms with van der Waals surface area (Å²) in [5.41, 5.74) is 2.11. The van der Waals surface area contributed by atoms with Gasteiger partial charge >= 0.3 is 0 Å². The van der Waals surface area contributed by atoms with E-state index in [1.165, 1.54) is 0 Å². The topological polar surface area (TPSA) is 50.4 Å². The summed E-state index contributed by atoms with van der Waals surface area (Å²) < 4.78 is 5.78. The average molecular weight is 409 g/mol. The molecule has 2 N–H and O–H groups in total. The number of likely N-dealkylation sites (N-methyl/N-ethyl adjacent to an activating group) is 1. The summed E-state index contributed by atoms with van der Waals surface area (Å²) in [6.07, 6.45) is 2.59. The number of carbonyl (C=O) groups excluding carboxylic acids is 1. The summed E-state index contributed by atoms with van der Waals surface area (Å²) in [4.78, 5) is 12.1. The van der Waals surface area contributed by atoms with Crippen molar-refractivity contribution in [3.63, 3.8) is 0 Å². The molecule has 0 aliphatic rings. The summed E-state index contributed by atoms with van der Waals surface area (Å²) in [5, 5.41) is 7.09. The third-order valence-corrected chi connectivity index (χ3v) is 5.01. The highest BCUT2D eigenvalue weighted by molar-refractivity contribution is 6.42. The Labute approximate surface area is 171 Å². The van der Waals surface area contributed by atoms with Crippen molar-refractivity contribution in [1.82, 2.24) is 10.6 Å². The first-order chi connectivity index (χ1) is 13.0. The highest BCUT2D eigenvalue weighted by Crippen LogP contribution is 2.23. The summed E-state index contributed by atoms with van der Waals surface area (Å²) >= 11 is 11.9. The van der Waals surface area contributed by atoms with E-state index in [2.05, 4.69) is 17.6 Å². The highest BCUT2D eigenvalue weighted by atomic mass is 35.5. The molecule has 0 bridgehead atoms. The molecule has 0 saturated heterocycles. The third kappa shape index (κ3) is 7.06. The molecule has 0 aliphatic heterocycles. The summed E-state index contributed by atoms with van der Waals surface area (Å²) in [6.45, 7) is 3.11. The molecular weight excluding hydrogens is 383 g/mol. The number of nitrogens with one attached hydrogen (secondary N) is 2. The Balaban J connectivity index is 1.77. The minimum absolute atomic E-state index is 0.0564. The number of ether oxygens (including phenoxy) is 1.